The van der Waals surface area contributed by atoms with Gasteiger partial charge in [-0.3, -0.25) is 0 Å². The Labute approximate surface area is 161 Å². The van der Waals surface area contributed by atoms with E-state index >= 15 is 0 Å². The third-order valence-electron chi connectivity index (χ3n) is 4.78. The number of nitrogens with one attached hydrogen (secondary N) is 1. The fraction of sp³-hybridized carbons (Fsp3) is 0.368. The number of hydrogen-bond acceptors (Lipinski definition) is 6. The predicted octanol–water partition coefficient (Wildman–Crippen LogP) is 4.11. The van der Waals surface area contributed by atoms with Gasteiger partial charge in [0.2, 0.25) is 0 Å². The molecule has 7 nitrogen and oxygen atoms in total. The predicted molar refractivity (Wildman–Crippen MR) is 99.7 cm³/mol. The van der Waals surface area contributed by atoms with Gasteiger partial charge in [-0.1, -0.05) is 0 Å². The summed E-state index contributed by atoms with van der Waals surface area (Å²) in [7, 11) is 0. The van der Waals surface area contributed by atoms with Crippen LogP contribution >= 0.6 is 11.8 Å². The lowest BCUT2D eigenvalue weighted by atomic mass is 9.92. The molecule has 4 rings (SSSR count). The maximum absolute atomic E-state index is 12.5. The van der Waals surface area contributed by atoms with Crippen LogP contribution in [0.5, 0.6) is 0 Å². The molecule has 142 valence electrons. The Hall–Kier alpha value is -2.61. The number of likely N-dealkylation sites (tertiary alicyclic amines) is 1. The molecular weight excluding hydrogens is 368 g/mol. The minimum absolute atomic E-state index is 0.147. The van der Waals surface area contributed by atoms with Gasteiger partial charge in [-0.2, -0.15) is 0 Å². The molecule has 2 aromatic rings. The van der Waals surface area contributed by atoms with E-state index in [0.717, 1.165) is 22.1 Å². The number of furan rings is 1. The summed E-state index contributed by atoms with van der Waals surface area (Å²) < 4.78 is 15.5. The summed E-state index contributed by atoms with van der Waals surface area (Å²) in [5.74, 6) is 1.70. The molecule has 2 saturated heterocycles. The topological polar surface area (TPSA) is 81.0 Å². The van der Waals surface area contributed by atoms with Crippen molar-refractivity contribution in [3.8, 4) is 0 Å². The fourth-order valence-electron chi connectivity index (χ4n) is 3.18. The third kappa shape index (κ3) is 4.21. The van der Waals surface area contributed by atoms with Crippen LogP contribution in [-0.4, -0.2) is 42.4 Å². The molecule has 3 heterocycles. The van der Waals surface area contributed by atoms with Crippen LogP contribution in [0, 0.1) is 0 Å². The van der Waals surface area contributed by atoms with Crippen LogP contribution in [-0.2, 0) is 15.2 Å². The molecule has 1 aromatic carbocycles. The molecule has 2 fully saturated rings. The molecule has 0 radical (unpaired) electrons. The summed E-state index contributed by atoms with van der Waals surface area (Å²) in [6, 6.07) is 11.4. The maximum Gasteiger partial charge on any atom is 0.509 e. The molecule has 8 heteroatoms. The lowest BCUT2D eigenvalue weighted by Gasteiger charge is -2.36. The summed E-state index contributed by atoms with van der Waals surface area (Å²) in [6.07, 6.45) is 2.24. The first-order valence-corrected chi connectivity index (χ1v) is 9.77. The second-order valence-corrected chi connectivity index (χ2v) is 7.68. The second-order valence-electron chi connectivity index (χ2n) is 6.63. The van der Waals surface area contributed by atoms with Crippen molar-refractivity contribution in [1.29, 1.82) is 0 Å². The standard InChI is InChI=1S/C19H20N2O5S/c22-17(21-9-7-19(8-10-21)13-25-18(23)26-19)20-14-3-5-16(6-4-14)27-12-15-2-1-11-24-15/h1-6,11H,7-10,12-13H2,(H,20,22). The van der Waals surface area contributed by atoms with E-state index in [1.54, 1.807) is 22.9 Å². The average molecular weight is 388 g/mol. The molecule has 27 heavy (non-hydrogen) atoms. The van der Waals surface area contributed by atoms with Gasteiger partial charge in [-0.15, -0.1) is 11.8 Å². The Balaban J connectivity index is 1.26. The van der Waals surface area contributed by atoms with E-state index in [9.17, 15) is 9.59 Å². The van der Waals surface area contributed by atoms with Crippen LogP contribution in [0.15, 0.2) is 52.0 Å². The van der Waals surface area contributed by atoms with Crippen LogP contribution in [0.25, 0.3) is 0 Å². The molecule has 1 N–H and O–H groups in total. The number of carbonyl (C=O) groups excluding carboxylic acids is 2. The monoisotopic (exact) mass is 388 g/mol. The quantitative estimate of drug-likeness (QED) is 0.627. The van der Waals surface area contributed by atoms with Crippen LogP contribution in [0.2, 0.25) is 0 Å². The largest absolute Gasteiger partial charge is 0.509 e. The van der Waals surface area contributed by atoms with E-state index in [1.807, 2.05) is 36.4 Å². The highest BCUT2D eigenvalue weighted by atomic mass is 32.2. The smallest absolute Gasteiger partial charge is 0.468 e. The first kappa shape index (κ1) is 17.8. The number of cyclic esters (lactones) is 1. The van der Waals surface area contributed by atoms with Gasteiger partial charge in [-0.05, 0) is 36.4 Å². The first-order valence-electron chi connectivity index (χ1n) is 8.79. The number of hydrogen-bond donors (Lipinski definition) is 1. The number of anilines is 1. The molecule has 0 unspecified atom stereocenters. The van der Waals surface area contributed by atoms with Crippen LogP contribution in [0.1, 0.15) is 18.6 Å². The molecule has 0 saturated carbocycles. The molecular formula is C19H20N2O5S. The van der Waals surface area contributed by atoms with Gasteiger partial charge in [0, 0.05) is 36.5 Å². The van der Waals surface area contributed by atoms with Gasteiger partial charge >= 0.3 is 12.2 Å². The average Bonchev–Trinajstić information content (AvgIpc) is 3.32. The third-order valence-corrected chi connectivity index (χ3v) is 5.82. The maximum atomic E-state index is 12.5. The van der Waals surface area contributed by atoms with Gasteiger partial charge in [0.15, 0.2) is 5.60 Å². The number of ether oxygens (including phenoxy) is 2. The number of carbonyl (C=O) groups is 2. The number of urea groups is 1. The Bertz CT molecular complexity index is 798. The minimum atomic E-state index is -0.613. The van der Waals surface area contributed by atoms with Crippen molar-refractivity contribution < 1.29 is 23.5 Å². The minimum Gasteiger partial charge on any atom is -0.468 e. The molecule has 1 aromatic heterocycles. The summed E-state index contributed by atoms with van der Waals surface area (Å²) >= 11 is 1.67. The van der Waals surface area contributed by atoms with E-state index in [1.165, 1.54) is 0 Å². The van der Waals surface area contributed by atoms with Crippen molar-refractivity contribution in [3.05, 3.63) is 48.4 Å². The van der Waals surface area contributed by atoms with Crippen molar-refractivity contribution in [1.82, 2.24) is 4.90 Å². The van der Waals surface area contributed by atoms with Gasteiger partial charge < -0.3 is 24.1 Å². The molecule has 0 bridgehead atoms. The van der Waals surface area contributed by atoms with Crippen molar-refractivity contribution in [2.24, 2.45) is 0 Å². The van der Waals surface area contributed by atoms with E-state index in [-0.39, 0.29) is 12.6 Å². The van der Waals surface area contributed by atoms with Crippen LogP contribution in [0.4, 0.5) is 15.3 Å². The van der Waals surface area contributed by atoms with Gasteiger partial charge in [0.1, 0.15) is 12.4 Å². The van der Waals surface area contributed by atoms with Crippen molar-refractivity contribution >= 4 is 29.6 Å². The Kier molecular flexibility index (Phi) is 4.98. The highest BCUT2D eigenvalue weighted by molar-refractivity contribution is 7.98. The van der Waals surface area contributed by atoms with E-state index in [4.69, 9.17) is 13.9 Å². The SMILES string of the molecule is O=C1OCC2(CCN(C(=O)Nc3ccc(SCc4ccco4)cc3)CC2)O1. The van der Waals surface area contributed by atoms with Gasteiger partial charge in [-0.25, -0.2) is 9.59 Å². The fourth-order valence-corrected chi connectivity index (χ4v) is 3.98. The number of nitrogens with zero attached hydrogens (tertiary/aromatic N) is 1. The van der Waals surface area contributed by atoms with Crippen LogP contribution < -0.4 is 5.32 Å². The van der Waals surface area contributed by atoms with Crippen LogP contribution in [0.3, 0.4) is 0 Å². The normalized spacial score (nSPS) is 18.2. The Morgan fingerprint density at radius 1 is 1.19 bits per heavy atom. The molecule has 2 aliphatic rings. The number of thioether (sulfide) groups is 1. The number of benzene rings is 1. The molecule has 2 aliphatic heterocycles. The summed E-state index contributed by atoms with van der Waals surface area (Å²) in [6.45, 7) is 1.33. The summed E-state index contributed by atoms with van der Waals surface area (Å²) in [4.78, 5) is 26.5. The zero-order valence-electron chi connectivity index (χ0n) is 14.7. The molecule has 2 amide bonds. The number of amides is 2. The van der Waals surface area contributed by atoms with Gasteiger partial charge in [0.25, 0.3) is 0 Å². The summed E-state index contributed by atoms with van der Waals surface area (Å²) in [5, 5.41) is 2.92. The second kappa shape index (κ2) is 7.56. The highest BCUT2D eigenvalue weighted by Gasteiger charge is 2.45. The molecule has 0 aliphatic carbocycles. The molecule has 1 spiro atoms. The van der Waals surface area contributed by atoms with E-state index < -0.39 is 11.8 Å². The lowest BCUT2D eigenvalue weighted by Crippen LogP contribution is -2.49. The van der Waals surface area contributed by atoms with Gasteiger partial charge in [0.05, 0.1) is 12.0 Å². The first-order chi connectivity index (χ1) is 13.1. The van der Waals surface area contributed by atoms with E-state index in [2.05, 4.69) is 5.32 Å². The van der Waals surface area contributed by atoms with Crippen molar-refractivity contribution in [3.63, 3.8) is 0 Å². The highest BCUT2D eigenvalue weighted by Crippen LogP contribution is 2.32. The number of piperidine rings is 1. The van der Waals surface area contributed by atoms with E-state index in [0.29, 0.717) is 25.9 Å². The van der Waals surface area contributed by atoms with Crippen molar-refractivity contribution in [2.45, 2.75) is 29.1 Å². The summed E-state index contributed by atoms with van der Waals surface area (Å²) in [5.41, 5.74) is 0.194. The van der Waals surface area contributed by atoms with Crippen molar-refractivity contribution in [2.75, 3.05) is 25.0 Å². The Morgan fingerprint density at radius 2 is 1.96 bits per heavy atom. The molecule has 0 atom stereocenters. The number of rotatable bonds is 4. The Morgan fingerprint density at radius 3 is 2.59 bits per heavy atom. The lowest BCUT2D eigenvalue weighted by molar-refractivity contribution is 0.0106. The zero-order chi connectivity index (χ0) is 18.7. The zero-order valence-corrected chi connectivity index (χ0v) is 15.5.